The molecular weight excluding hydrogens is 218 g/mol. The van der Waals surface area contributed by atoms with Crippen molar-refractivity contribution in [3.05, 3.63) is 0 Å². The molecule has 2 saturated heterocycles. The molecule has 0 radical (unpaired) electrons. The lowest BCUT2D eigenvalue weighted by atomic mass is 10.1. The van der Waals surface area contributed by atoms with Gasteiger partial charge in [0.15, 0.2) is 0 Å². The monoisotopic (exact) mass is 239 g/mol. The maximum Gasteiger partial charge on any atom is 0.324 e. The van der Waals surface area contributed by atoms with E-state index in [1.54, 1.807) is 4.90 Å². The van der Waals surface area contributed by atoms with Crippen molar-refractivity contribution in [1.82, 2.24) is 15.1 Å². The summed E-state index contributed by atoms with van der Waals surface area (Å²) in [6.45, 7) is 4.80. The molecule has 5 heteroatoms. The first-order valence-electron chi connectivity index (χ1n) is 6.57. The number of hydrogen-bond acceptors (Lipinski definition) is 3. The molecule has 0 saturated carbocycles. The van der Waals surface area contributed by atoms with E-state index in [2.05, 4.69) is 10.2 Å². The second-order valence-corrected chi connectivity index (χ2v) is 4.85. The van der Waals surface area contributed by atoms with E-state index in [1.165, 1.54) is 32.4 Å². The van der Waals surface area contributed by atoms with Gasteiger partial charge in [0, 0.05) is 19.5 Å². The average Bonchev–Trinajstić information content (AvgIpc) is 2.33. The summed E-state index contributed by atoms with van der Waals surface area (Å²) in [5.41, 5.74) is 0. The van der Waals surface area contributed by atoms with Crippen LogP contribution in [0.15, 0.2) is 0 Å². The highest BCUT2D eigenvalue weighted by Gasteiger charge is 2.22. The summed E-state index contributed by atoms with van der Waals surface area (Å²) in [6, 6.07) is -0.222. The lowest BCUT2D eigenvalue weighted by molar-refractivity contribution is -0.121. The minimum atomic E-state index is -0.222. The van der Waals surface area contributed by atoms with E-state index >= 15 is 0 Å². The fourth-order valence-corrected chi connectivity index (χ4v) is 2.48. The van der Waals surface area contributed by atoms with E-state index in [0.717, 1.165) is 19.5 Å². The molecule has 2 fully saturated rings. The maximum absolute atomic E-state index is 11.5. The Morgan fingerprint density at radius 2 is 1.76 bits per heavy atom. The van der Waals surface area contributed by atoms with Gasteiger partial charge < -0.3 is 9.80 Å². The van der Waals surface area contributed by atoms with Crippen LogP contribution in [0, 0.1) is 0 Å². The maximum atomic E-state index is 11.5. The second kappa shape index (κ2) is 6.00. The number of imide groups is 1. The van der Waals surface area contributed by atoms with Crippen LogP contribution in [0.3, 0.4) is 0 Å². The van der Waals surface area contributed by atoms with Crippen molar-refractivity contribution in [1.29, 1.82) is 0 Å². The van der Waals surface area contributed by atoms with Gasteiger partial charge in [-0.2, -0.15) is 0 Å². The first kappa shape index (κ1) is 12.4. The van der Waals surface area contributed by atoms with Crippen molar-refractivity contribution in [2.45, 2.75) is 32.1 Å². The van der Waals surface area contributed by atoms with Gasteiger partial charge in [-0.25, -0.2) is 4.79 Å². The van der Waals surface area contributed by atoms with Crippen molar-refractivity contribution < 1.29 is 9.59 Å². The summed E-state index contributed by atoms with van der Waals surface area (Å²) >= 11 is 0. The topological polar surface area (TPSA) is 52.7 Å². The third kappa shape index (κ3) is 3.70. The minimum absolute atomic E-state index is 0.151. The number of carbonyl (C=O) groups excluding carboxylic acids is 2. The molecule has 0 aromatic heterocycles. The lowest BCUT2D eigenvalue weighted by Gasteiger charge is -2.29. The van der Waals surface area contributed by atoms with Gasteiger partial charge in [-0.15, -0.1) is 0 Å². The summed E-state index contributed by atoms with van der Waals surface area (Å²) < 4.78 is 0. The van der Waals surface area contributed by atoms with Crippen LogP contribution in [0.5, 0.6) is 0 Å². The Morgan fingerprint density at radius 1 is 1.00 bits per heavy atom. The fraction of sp³-hybridized carbons (Fsp3) is 0.833. The smallest absolute Gasteiger partial charge is 0.324 e. The molecule has 2 aliphatic heterocycles. The van der Waals surface area contributed by atoms with Crippen LogP contribution >= 0.6 is 0 Å². The molecule has 0 bridgehead atoms. The SMILES string of the molecule is O=C1CCN(CCCN2CCCCC2)C(=O)N1. The summed E-state index contributed by atoms with van der Waals surface area (Å²) in [4.78, 5) is 26.7. The molecule has 2 aliphatic rings. The largest absolute Gasteiger partial charge is 0.324 e. The van der Waals surface area contributed by atoms with E-state index < -0.39 is 0 Å². The highest BCUT2D eigenvalue weighted by molar-refractivity contribution is 5.96. The van der Waals surface area contributed by atoms with E-state index in [-0.39, 0.29) is 11.9 Å². The normalized spacial score (nSPS) is 22.7. The van der Waals surface area contributed by atoms with Gasteiger partial charge in [-0.05, 0) is 38.9 Å². The predicted molar refractivity (Wildman–Crippen MR) is 64.6 cm³/mol. The van der Waals surface area contributed by atoms with Crippen LogP contribution in [0.25, 0.3) is 0 Å². The molecule has 17 heavy (non-hydrogen) atoms. The molecule has 0 aromatic carbocycles. The van der Waals surface area contributed by atoms with Crippen LogP contribution in [0.4, 0.5) is 4.79 Å². The van der Waals surface area contributed by atoms with Crippen molar-refractivity contribution in [2.24, 2.45) is 0 Å². The van der Waals surface area contributed by atoms with Crippen LogP contribution in [0.1, 0.15) is 32.1 Å². The Balaban J connectivity index is 1.64. The fourth-order valence-electron chi connectivity index (χ4n) is 2.48. The number of piperidine rings is 1. The van der Waals surface area contributed by atoms with E-state index in [1.807, 2.05) is 0 Å². The zero-order valence-electron chi connectivity index (χ0n) is 10.3. The van der Waals surface area contributed by atoms with E-state index in [0.29, 0.717) is 13.0 Å². The molecule has 3 amide bonds. The predicted octanol–water partition coefficient (Wildman–Crippen LogP) is 0.804. The Labute approximate surface area is 102 Å². The van der Waals surface area contributed by atoms with E-state index in [9.17, 15) is 9.59 Å². The highest BCUT2D eigenvalue weighted by Crippen LogP contribution is 2.09. The number of rotatable bonds is 4. The van der Waals surface area contributed by atoms with Crippen LogP contribution in [-0.2, 0) is 4.79 Å². The molecule has 0 aliphatic carbocycles. The van der Waals surface area contributed by atoms with Gasteiger partial charge in [-0.3, -0.25) is 10.1 Å². The summed E-state index contributed by atoms with van der Waals surface area (Å²) in [5.74, 6) is -0.151. The number of hydrogen-bond donors (Lipinski definition) is 1. The van der Waals surface area contributed by atoms with Gasteiger partial charge >= 0.3 is 6.03 Å². The van der Waals surface area contributed by atoms with Crippen molar-refractivity contribution in [3.8, 4) is 0 Å². The molecule has 1 N–H and O–H groups in total. The summed E-state index contributed by atoms with van der Waals surface area (Å²) in [5, 5.41) is 2.35. The molecule has 0 atom stereocenters. The molecule has 2 heterocycles. The van der Waals surface area contributed by atoms with Gasteiger partial charge in [0.05, 0.1) is 0 Å². The lowest BCUT2D eigenvalue weighted by Crippen LogP contribution is -2.50. The molecule has 0 aromatic rings. The average molecular weight is 239 g/mol. The molecular formula is C12H21N3O2. The quantitative estimate of drug-likeness (QED) is 0.789. The molecule has 96 valence electrons. The minimum Gasteiger partial charge on any atom is -0.324 e. The summed E-state index contributed by atoms with van der Waals surface area (Å²) in [7, 11) is 0. The van der Waals surface area contributed by atoms with Gasteiger partial charge in [-0.1, -0.05) is 6.42 Å². The molecule has 2 rings (SSSR count). The highest BCUT2D eigenvalue weighted by atomic mass is 16.2. The Morgan fingerprint density at radius 3 is 2.47 bits per heavy atom. The van der Waals surface area contributed by atoms with Gasteiger partial charge in [0.2, 0.25) is 5.91 Å². The van der Waals surface area contributed by atoms with Crippen molar-refractivity contribution in [2.75, 3.05) is 32.7 Å². The number of nitrogens with zero attached hydrogens (tertiary/aromatic N) is 2. The third-order valence-corrected chi connectivity index (χ3v) is 3.49. The van der Waals surface area contributed by atoms with Gasteiger partial charge in [0.25, 0.3) is 0 Å². The number of carbonyl (C=O) groups is 2. The standard InChI is InChI=1S/C12H21N3O2/c16-11-5-10-15(12(17)13-11)9-4-8-14-6-2-1-3-7-14/h1-10H2,(H,13,16,17). The first-order valence-corrected chi connectivity index (χ1v) is 6.57. The number of urea groups is 1. The molecule has 0 unspecified atom stereocenters. The zero-order chi connectivity index (χ0) is 12.1. The number of amides is 3. The van der Waals surface area contributed by atoms with Crippen molar-refractivity contribution >= 4 is 11.9 Å². The summed E-state index contributed by atoms with van der Waals surface area (Å²) in [6.07, 6.45) is 5.40. The van der Waals surface area contributed by atoms with Crippen LogP contribution in [-0.4, -0.2) is 54.5 Å². The Bertz CT molecular complexity index is 287. The second-order valence-electron chi connectivity index (χ2n) is 4.85. The van der Waals surface area contributed by atoms with Crippen LogP contribution < -0.4 is 5.32 Å². The first-order chi connectivity index (χ1) is 8.25. The van der Waals surface area contributed by atoms with Gasteiger partial charge in [0.1, 0.15) is 0 Å². The molecule has 5 nitrogen and oxygen atoms in total. The van der Waals surface area contributed by atoms with Crippen molar-refractivity contribution in [3.63, 3.8) is 0 Å². The zero-order valence-corrected chi connectivity index (χ0v) is 10.3. The Kier molecular flexibility index (Phi) is 4.36. The third-order valence-electron chi connectivity index (χ3n) is 3.49. The Hall–Kier alpha value is -1.10. The number of nitrogens with one attached hydrogen (secondary N) is 1. The van der Waals surface area contributed by atoms with E-state index in [4.69, 9.17) is 0 Å². The number of likely N-dealkylation sites (tertiary alicyclic amines) is 1. The molecule has 0 spiro atoms. The van der Waals surface area contributed by atoms with Crippen LogP contribution in [0.2, 0.25) is 0 Å².